The third-order valence-corrected chi connectivity index (χ3v) is 2.12. The summed E-state index contributed by atoms with van der Waals surface area (Å²) in [5.41, 5.74) is 0.642. The van der Waals surface area contributed by atoms with Crippen molar-refractivity contribution in [3.05, 3.63) is 28.1 Å². The number of aromatic nitrogens is 1. The quantitative estimate of drug-likeness (QED) is 0.355. The van der Waals surface area contributed by atoms with Crippen LogP contribution in [0.15, 0.2) is 12.3 Å². The first-order valence-corrected chi connectivity index (χ1v) is 4.60. The van der Waals surface area contributed by atoms with Crippen LogP contribution in [0.4, 0.5) is 5.69 Å². The summed E-state index contributed by atoms with van der Waals surface area (Å²) in [6.45, 7) is 1.37. The SMILES string of the molecule is CC(=O)c1cc([N+](=O)[O-])cn1CBr. The molecule has 0 bridgehead atoms. The van der Waals surface area contributed by atoms with Gasteiger partial charge in [0.15, 0.2) is 5.78 Å². The number of carbonyl (C=O) groups is 1. The molecule has 0 atom stereocenters. The van der Waals surface area contributed by atoms with Gasteiger partial charge in [-0.15, -0.1) is 0 Å². The average Bonchev–Trinajstić information content (AvgIpc) is 2.47. The van der Waals surface area contributed by atoms with Crippen molar-refractivity contribution in [2.45, 2.75) is 12.4 Å². The van der Waals surface area contributed by atoms with E-state index in [-0.39, 0.29) is 11.5 Å². The number of carbonyl (C=O) groups excluding carboxylic acids is 1. The van der Waals surface area contributed by atoms with Crippen molar-refractivity contribution in [1.82, 2.24) is 4.57 Å². The van der Waals surface area contributed by atoms with Crippen LogP contribution in [-0.4, -0.2) is 15.3 Å². The minimum absolute atomic E-state index is 0.0651. The summed E-state index contributed by atoms with van der Waals surface area (Å²) in [7, 11) is 0. The third-order valence-electron chi connectivity index (χ3n) is 1.58. The summed E-state index contributed by atoms with van der Waals surface area (Å²) in [4.78, 5) is 20.8. The molecule has 0 unspecified atom stereocenters. The summed E-state index contributed by atoms with van der Waals surface area (Å²) in [6.07, 6.45) is 1.32. The van der Waals surface area contributed by atoms with Crippen LogP contribution in [0.5, 0.6) is 0 Å². The molecule has 0 aliphatic carbocycles. The standard InChI is InChI=1S/C7H7BrN2O3/c1-5(11)7-2-6(10(12)13)3-9(7)4-8/h2-3H,4H2,1H3. The fraction of sp³-hybridized carbons (Fsp3) is 0.286. The van der Waals surface area contributed by atoms with Crippen molar-refractivity contribution in [3.8, 4) is 0 Å². The summed E-state index contributed by atoms with van der Waals surface area (Å²) >= 11 is 3.13. The van der Waals surface area contributed by atoms with Gasteiger partial charge in [0.05, 0.1) is 22.3 Å². The second kappa shape index (κ2) is 3.69. The predicted molar refractivity (Wildman–Crippen MR) is 50.0 cm³/mol. The van der Waals surface area contributed by atoms with E-state index in [9.17, 15) is 14.9 Å². The molecule has 1 heterocycles. The number of nitrogens with zero attached hydrogens (tertiary/aromatic N) is 2. The predicted octanol–water partition coefficient (Wildman–Crippen LogP) is 1.95. The highest BCUT2D eigenvalue weighted by Gasteiger charge is 2.15. The molecule has 0 spiro atoms. The van der Waals surface area contributed by atoms with Crippen molar-refractivity contribution in [3.63, 3.8) is 0 Å². The van der Waals surface area contributed by atoms with Gasteiger partial charge in [0.2, 0.25) is 0 Å². The van der Waals surface area contributed by atoms with E-state index in [0.29, 0.717) is 11.1 Å². The maximum atomic E-state index is 11.0. The molecule has 0 saturated carbocycles. The first-order valence-electron chi connectivity index (χ1n) is 3.47. The highest BCUT2D eigenvalue weighted by molar-refractivity contribution is 9.08. The largest absolute Gasteiger partial charge is 0.328 e. The normalized spacial score (nSPS) is 10.0. The molecule has 0 radical (unpaired) electrons. The molecule has 0 aliphatic heterocycles. The van der Waals surface area contributed by atoms with Crippen LogP contribution < -0.4 is 0 Å². The van der Waals surface area contributed by atoms with E-state index < -0.39 is 4.92 Å². The number of hydrogen-bond donors (Lipinski definition) is 0. The van der Waals surface area contributed by atoms with Crippen molar-refractivity contribution < 1.29 is 9.72 Å². The smallest absolute Gasteiger partial charge is 0.287 e. The molecule has 5 nitrogen and oxygen atoms in total. The minimum Gasteiger partial charge on any atom is -0.328 e. The lowest BCUT2D eigenvalue weighted by Crippen LogP contribution is -2.01. The topological polar surface area (TPSA) is 65.1 Å². The summed E-state index contributed by atoms with van der Waals surface area (Å²) < 4.78 is 1.49. The van der Waals surface area contributed by atoms with E-state index in [1.54, 1.807) is 0 Å². The Hall–Kier alpha value is -1.17. The summed E-state index contributed by atoms with van der Waals surface area (Å²) in [6, 6.07) is 1.27. The van der Waals surface area contributed by atoms with Crippen LogP contribution in [0.25, 0.3) is 0 Å². The van der Waals surface area contributed by atoms with Crippen LogP contribution >= 0.6 is 15.9 Å². The molecular formula is C7H7BrN2O3. The van der Waals surface area contributed by atoms with E-state index in [2.05, 4.69) is 15.9 Å². The number of rotatable bonds is 3. The fourth-order valence-electron chi connectivity index (χ4n) is 0.992. The van der Waals surface area contributed by atoms with Crippen LogP contribution in [-0.2, 0) is 5.45 Å². The van der Waals surface area contributed by atoms with Gasteiger partial charge in [-0.1, -0.05) is 15.9 Å². The maximum absolute atomic E-state index is 11.0. The first kappa shape index (κ1) is 9.91. The minimum atomic E-state index is -0.522. The number of ketones is 1. The zero-order chi connectivity index (χ0) is 10.0. The molecule has 0 aliphatic rings. The Morgan fingerprint density at radius 1 is 1.77 bits per heavy atom. The molecule has 0 N–H and O–H groups in total. The highest BCUT2D eigenvalue weighted by Crippen LogP contribution is 2.17. The number of hydrogen-bond acceptors (Lipinski definition) is 3. The van der Waals surface area contributed by atoms with Gasteiger partial charge in [-0.2, -0.15) is 0 Å². The lowest BCUT2D eigenvalue weighted by atomic mass is 10.3. The van der Waals surface area contributed by atoms with Gasteiger partial charge < -0.3 is 4.57 Å². The van der Waals surface area contributed by atoms with E-state index in [0.717, 1.165) is 0 Å². The molecule has 0 saturated heterocycles. The van der Waals surface area contributed by atoms with Crippen LogP contribution in [0.2, 0.25) is 0 Å². The number of Topliss-reactive ketones (excluding diaryl/α,β-unsaturated/α-hetero) is 1. The lowest BCUT2D eigenvalue weighted by molar-refractivity contribution is -0.384. The number of nitro groups is 1. The monoisotopic (exact) mass is 246 g/mol. The fourth-order valence-corrected chi connectivity index (χ4v) is 1.41. The van der Waals surface area contributed by atoms with Gasteiger partial charge >= 0.3 is 0 Å². The van der Waals surface area contributed by atoms with Crippen LogP contribution in [0.3, 0.4) is 0 Å². The zero-order valence-corrected chi connectivity index (χ0v) is 8.44. The third kappa shape index (κ3) is 1.95. The van der Waals surface area contributed by atoms with E-state index in [1.165, 1.54) is 23.8 Å². The van der Waals surface area contributed by atoms with Crippen molar-refractivity contribution >= 4 is 27.4 Å². The Balaban J connectivity index is 3.19. The second-order valence-corrected chi connectivity index (χ2v) is 2.99. The Labute approximate surface area is 82.6 Å². The van der Waals surface area contributed by atoms with Crippen LogP contribution in [0, 0.1) is 10.1 Å². The van der Waals surface area contributed by atoms with Gasteiger partial charge in [0.25, 0.3) is 5.69 Å². The molecule has 1 aromatic heterocycles. The molecule has 0 fully saturated rings. The molecule has 6 heteroatoms. The average molecular weight is 247 g/mol. The number of halogens is 1. The molecular weight excluding hydrogens is 240 g/mol. The zero-order valence-electron chi connectivity index (χ0n) is 6.86. The van der Waals surface area contributed by atoms with E-state index >= 15 is 0 Å². The Morgan fingerprint density at radius 2 is 2.38 bits per heavy atom. The van der Waals surface area contributed by atoms with Crippen molar-refractivity contribution in [2.75, 3.05) is 0 Å². The van der Waals surface area contributed by atoms with Gasteiger partial charge in [-0.05, 0) is 0 Å². The van der Waals surface area contributed by atoms with Crippen molar-refractivity contribution in [2.24, 2.45) is 0 Å². The summed E-state index contributed by atoms with van der Waals surface area (Å²) in [5.74, 6) is -0.187. The first-order chi connectivity index (χ1) is 6.06. The highest BCUT2D eigenvalue weighted by atomic mass is 79.9. The van der Waals surface area contributed by atoms with Gasteiger partial charge in [0.1, 0.15) is 0 Å². The van der Waals surface area contributed by atoms with Gasteiger partial charge in [-0.25, -0.2) is 0 Å². The Morgan fingerprint density at radius 3 is 2.69 bits per heavy atom. The van der Waals surface area contributed by atoms with E-state index in [4.69, 9.17) is 0 Å². The van der Waals surface area contributed by atoms with Gasteiger partial charge in [-0.3, -0.25) is 14.9 Å². The molecule has 1 aromatic rings. The molecule has 1 rings (SSSR count). The maximum Gasteiger partial charge on any atom is 0.287 e. The molecule has 13 heavy (non-hydrogen) atoms. The lowest BCUT2D eigenvalue weighted by Gasteiger charge is -1.98. The van der Waals surface area contributed by atoms with Crippen molar-refractivity contribution in [1.29, 1.82) is 0 Å². The van der Waals surface area contributed by atoms with Crippen LogP contribution in [0.1, 0.15) is 17.4 Å². The number of alkyl halides is 1. The Kier molecular flexibility index (Phi) is 2.82. The molecule has 0 aromatic carbocycles. The van der Waals surface area contributed by atoms with E-state index in [1.807, 2.05) is 0 Å². The second-order valence-electron chi connectivity index (χ2n) is 2.49. The summed E-state index contributed by atoms with van der Waals surface area (Å²) in [5, 5.41) is 10.4. The molecule has 0 amide bonds. The molecule has 70 valence electrons. The van der Waals surface area contributed by atoms with Gasteiger partial charge in [0, 0.05) is 13.0 Å². The Bertz CT molecular complexity index is 359.